The molecule has 2 aromatic carbocycles. The van der Waals surface area contributed by atoms with E-state index < -0.39 is 10.0 Å². The van der Waals surface area contributed by atoms with Crippen LogP contribution in [-0.2, 0) is 14.8 Å². The molecule has 2 aromatic rings. The number of piperazine rings is 1. The molecule has 0 bridgehead atoms. The number of hydrazone groups is 1. The molecule has 12 heteroatoms. The highest BCUT2D eigenvalue weighted by atomic mass is 79.9. The topological polar surface area (TPSA) is 116 Å². The zero-order valence-corrected chi connectivity index (χ0v) is 21.2. The van der Waals surface area contributed by atoms with Gasteiger partial charge in [0.05, 0.1) is 44.4 Å². The molecule has 172 valence electrons. The molecular formula is C20H22Br2N4O5S. The molecule has 0 aromatic heterocycles. The summed E-state index contributed by atoms with van der Waals surface area (Å²) in [5, 5.41) is 15.7. The lowest BCUT2D eigenvalue weighted by atomic mass is 10.2. The Balaban J connectivity index is 1.50. The number of nitrogens with one attached hydrogen (secondary N) is 2. The van der Waals surface area contributed by atoms with Crippen molar-refractivity contribution in [3.05, 3.63) is 50.9 Å². The Kier molecular flexibility index (Phi) is 8.28. The summed E-state index contributed by atoms with van der Waals surface area (Å²) in [6.45, 7) is 1.87. The molecule has 0 radical (unpaired) electrons. The first-order chi connectivity index (χ1) is 15.2. The maximum absolute atomic E-state index is 12.8. The number of carbonyl (C=O) groups is 1. The van der Waals surface area contributed by atoms with Crippen molar-refractivity contribution >= 4 is 54.0 Å². The first-order valence-corrected chi connectivity index (χ1v) is 12.7. The zero-order chi connectivity index (χ0) is 23.3. The number of nitrogens with zero attached hydrogens (tertiary/aromatic N) is 2. The minimum atomic E-state index is -3.55. The van der Waals surface area contributed by atoms with Crippen molar-refractivity contribution in [3.63, 3.8) is 0 Å². The fraction of sp³-hybridized carbons (Fsp3) is 0.300. The van der Waals surface area contributed by atoms with Gasteiger partial charge in [0, 0.05) is 8.95 Å². The molecule has 9 nitrogen and oxygen atoms in total. The van der Waals surface area contributed by atoms with Crippen LogP contribution >= 0.6 is 31.9 Å². The molecule has 2 N–H and O–H groups in total. The fourth-order valence-corrected chi connectivity index (χ4v) is 5.40. The molecule has 0 aliphatic carbocycles. The zero-order valence-electron chi connectivity index (χ0n) is 17.2. The van der Waals surface area contributed by atoms with E-state index in [0.29, 0.717) is 36.2 Å². The van der Waals surface area contributed by atoms with Crippen molar-refractivity contribution in [2.75, 3.05) is 39.8 Å². The third kappa shape index (κ3) is 6.07. The molecule has 0 spiro atoms. The van der Waals surface area contributed by atoms with Gasteiger partial charge in [-0.3, -0.25) is 4.79 Å². The van der Waals surface area contributed by atoms with E-state index in [0.717, 1.165) is 9.37 Å². The number of ether oxygens (including phenoxy) is 1. The van der Waals surface area contributed by atoms with Gasteiger partial charge in [-0.15, -0.1) is 0 Å². The Labute approximate surface area is 203 Å². The van der Waals surface area contributed by atoms with Gasteiger partial charge in [0.25, 0.3) is 5.91 Å². The number of benzene rings is 2. The summed E-state index contributed by atoms with van der Waals surface area (Å²) in [6, 6.07) is 9.65. The maximum Gasteiger partial charge on any atom is 0.295 e. The normalized spacial score (nSPS) is 15.7. The van der Waals surface area contributed by atoms with Crippen LogP contribution in [-0.4, -0.2) is 64.7 Å². The summed E-state index contributed by atoms with van der Waals surface area (Å²) in [5.74, 6) is -0.377. The second-order valence-electron chi connectivity index (χ2n) is 7.11. The lowest BCUT2D eigenvalue weighted by Crippen LogP contribution is -3.15. The van der Waals surface area contributed by atoms with E-state index >= 15 is 0 Å². The van der Waals surface area contributed by atoms with Crippen molar-refractivity contribution in [3.8, 4) is 11.5 Å². The first kappa shape index (κ1) is 24.6. The molecule has 1 aliphatic heterocycles. The number of halogens is 2. The fourth-order valence-electron chi connectivity index (χ4n) is 3.23. The molecule has 0 unspecified atom stereocenters. The standard InChI is InChI=1S/C20H22Br2N4O5S/c1-31-18-11-14(10-17(22)20(18)28)12-23-24-19(27)13-25-6-8-26(9-7-25)32(29,30)16-4-2-15(21)3-5-16/h2-5,10-12,28H,6-9,13H2,1H3,(H,24,27)/b23-12-. The van der Waals surface area contributed by atoms with Gasteiger partial charge < -0.3 is 14.7 Å². The van der Waals surface area contributed by atoms with Crippen molar-refractivity contribution < 1.29 is 28.0 Å². The van der Waals surface area contributed by atoms with E-state index in [1.165, 1.54) is 23.7 Å². The summed E-state index contributed by atoms with van der Waals surface area (Å²) in [5.41, 5.74) is 3.05. The molecule has 1 aliphatic rings. The summed E-state index contributed by atoms with van der Waals surface area (Å²) in [7, 11) is -2.15. The maximum atomic E-state index is 12.8. The van der Waals surface area contributed by atoms with Crippen LogP contribution in [0.4, 0.5) is 0 Å². The van der Waals surface area contributed by atoms with Crippen molar-refractivity contribution in [2.45, 2.75) is 4.90 Å². The van der Waals surface area contributed by atoms with Crippen LogP contribution < -0.4 is 20.2 Å². The monoisotopic (exact) mass is 588 g/mol. The van der Waals surface area contributed by atoms with Crippen LogP contribution in [0.3, 0.4) is 0 Å². The Morgan fingerprint density at radius 2 is 1.91 bits per heavy atom. The third-order valence-electron chi connectivity index (χ3n) is 4.95. The van der Waals surface area contributed by atoms with Crippen LogP contribution in [0.25, 0.3) is 0 Å². The van der Waals surface area contributed by atoms with Gasteiger partial charge >= 0.3 is 0 Å². The van der Waals surface area contributed by atoms with Crippen LogP contribution in [0.2, 0.25) is 0 Å². The van der Waals surface area contributed by atoms with Gasteiger partial charge in [-0.25, -0.2) is 13.8 Å². The molecule has 0 saturated carbocycles. The number of amides is 1. The molecule has 0 atom stereocenters. The predicted octanol–water partition coefficient (Wildman–Crippen LogP) is 0.333. The number of carbonyl (C=O) groups excluding carboxylic acids is 1. The second-order valence-corrected chi connectivity index (χ2v) is 10.8. The van der Waals surface area contributed by atoms with Gasteiger partial charge in [0.2, 0.25) is 10.0 Å². The van der Waals surface area contributed by atoms with Crippen LogP contribution in [0, 0.1) is 0 Å². The van der Waals surface area contributed by atoms with Crippen molar-refractivity contribution in [1.82, 2.24) is 9.73 Å². The highest BCUT2D eigenvalue weighted by Crippen LogP contribution is 2.32. The van der Waals surface area contributed by atoms with Crippen LogP contribution in [0.5, 0.6) is 11.5 Å². The number of methoxy groups -OCH3 is 1. The van der Waals surface area contributed by atoms with Gasteiger partial charge in [-0.1, -0.05) is 37.6 Å². The molecule has 3 rings (SSSR count). The first-order valence-electron chi connectivity index (χ1n) is 9.66. The van der Waals surface area contributed by atoms with Crippen molar-refractivity contribution in [1.29, 1.82) is 0 Å². The summed E-state index contributed by atoms with van der Waals surface area (Å²) in [4.78, 5) is 13.4. The minimum absolute atomic E-state index is 0.174. The quantitative estimate of drug-likeness (QED) is 0.357. The molecule has 1 fully saturated rings. The number of quaternary nitrogens is 1. The average molecular weight is 590 g/mol. The van der Waals surface area contributed by atoms with Gasteiger partial charge in [-0.05, 0) is 42.0 Å². The SMILES string of the molecule is COc1cc(/C=N\NC(=O)C[NH+]2CCN(S(=O)(=O)c3ccc(Br)cc3)CC2)cc(Br)c1[O-]. The molecule has 1 heterocycles. The van der Waals surface area contributed by atoms with E-state index in [-0.39, 0.29) is 28.8 Å². The van der Waals surface area contributed by atoms with E-state index in [1.807, 2.05) is 0 Å². The lowest BCUT2D eigenvalue weighted by molar-refractivity contribution is -0.895. The predicted molar refractivity (Wildman–Crippen MR) is 124 cm³/mol. The minimum Gasteiger partial charge on any atom is -0.869 e. The van der Waals surface area contributed by atoms with E-state index in [1.54, 1.807) is 30.3 Å². The van der Waals surface area contributed by atoms with Gasteiger partial charge in [0.1, 0.15) is 5.75 Å². The third-order valence-corrected chi connectivity index (χ3v) is 7.98. The second kappa shape index (κ2) is 10.8. The van der Waals surface area contributed by atoms with Gasteiger partial charge in [0.15, 0.2) is 6.54 Å². The average Bonchev–Trinajstić information content (AvgIpc) is 2.76. The summed E-state index contributed by atoms with van der Waals surface area (Å²) in [6.07, 6.45) is 1.42. The van der Waals surface area contributed by atoms with E-state index in [9.17, 15) is 18.3 Å². The largest absolute Gasteiger partial charge is 0.869 e. The summed E-state index contributed by atoms with van der Waals surface area (Å²) >= 11 is 6.47. The Bertz CT molecular complexity index is 1100. The summed E-state index contributed by atoms with van der Waals surface area (Å²) < 4.78 is 33.1. The molecule has 1 amide bonds. The Morgan fingerprint density at radius 1 is 1.25 bits per heavy atom. The number of hydrogen-bond acceptors (Lipinski definition) is 6. The number of hydrogen-bond donors (Lipinski definition) is 2. The highest BCUT2D eigenvalue weighted by Gasteiger charge is 2.31. The molecule has 32 heavy (non-hydrogen) atoms. The van der Waals surface area contributed by atoms with E-state index in [2.05, 4.69) is 42.4 Å². The van der Waals surface area contributed by atoms with Crippen LogP contribution in [0.15, 0.2) is 55.3 Å². The Hall–Kier alpha value is -1.99. The lowest BCUT2D eigenvalue weighted by Gasteiger charge is -2.31. The number of sulfonamides is 1. The van der Waals surface area contributed by atoms with Crippen molar-refractivity contribution in [2.24, 2.45) is 5.10 Å². The Morgan fingerprint density at radius 3 is 2.53 bits per heavy atom. The molecular weight excluding hydrogens is 568 g/mol. The highest BCUT2D eigenvalue weighted by molar-refractivity contribution is 9.10. The van der Waals surface area contributed by atoms with Crippen LogP contribution in [0.1, 0.15) is 5.56 Å². The smallest absolute Gasteiger partial charge is 0.295 e. The number of rotatable bonds is 7. The van der Waals surface area contributed by atoms with Gasteiger partial charge in [-0.2, -0.15) is 9.41 Å². The van der Waals surface area contributed by atoms with E-state index in [4.69, 9.17) is 4.74 Å². The molecule has 1 saturated heterocycles.